The van der Waals surface area contributed by atoms with Gasteiger partial charge in [-0.2, -0.15) is 0 Å². The molecule has 0 N–H and O–H groups in total. The van der Waals surface area contributed by atoms with E-state index in [-0.39, 0.29) is 41.8 Å². The second-order valence-corrected chi connectivity index (χ2v) is 13.8. The Morgan fingerprint density at radius 2 is 1.92 bits per heavy atom. The van der Waals surface area contributed by atoms with Crippen molar-refractivity contribution in [2.75, 3.05) is 0 Å². The van der Waals surface area contributed by atoms with Crippen molar-refractivity contribution in [3.63, 3.8) is 0 Å². The van der Waals surface area contributed by atoms with Gasteiger partial charge in [0, 0.05) is 0 Å². The minimum Gasteiger partial charge on any atom is -0.463 e. The first-order chi connectivity index (χ1) is 11.6. The van der Waals surface area contributed by atoms with Gasteiger partial charge in [-0.25, -0.2) is 0 Å². The van der Waals surface area contributed by atoms with Crippen LogP contribution in [0.3, 0.4) is 0 Å². The Bertz CT molecular complexity index is 481. The number of allylic oxidation sites excluding steroid dienone is 1. The Balaban J connectivity index is 2.13. The SMILES string of the molecule is C[C@@H]1CCC/C=C\[C@H]2CC[C@H](O[Si](C)(C)C(C)(C)C)[C@H](CC(=O)O1)O2. The van der Waals surface area contributed by atoms with Gasteiger partial charge in [-0.15, -0.1) is 0 Å². The van der Waals surface area contributed by atoms with E-state index in [0.717, 1.165) is 32.1 Å². The maximum absolute atomic E-state index is 12.4. The third-order valence-corrected chi connectivity index (χ3v) is 10.3. The van der Waals surface area contributed by atoms with Crippen molar-refractivity contribution in [3.8, 4) is 0 Å². The lowest BCUT2D eigenvalue weighted by Crippen LogP contribution is -2.50. The van der Waals surface area contributed by atoms with Crippen LogP contribution in [0, 0.1) is 0 Å². The molecule has 2 aliphatic rings. The van der Waals surface area contributed by atoms with Gasteiger partial charge in [0.1, 0.15) is 0 Å². The highest BCUT2D eigenvalue weighted by Crippen LogP contribution is 2.39. The van der Waals surface area contributed by atoms with Crippen LogP contribution in [0.1, 0.15) is 66.2 Å². The van der Waals surface area contributed by atoms with Crippen LogP contribution >= 0.6 is 0 Å². The van der Waals surface area contributed by atoms with Crippen LogP contribution in [0.15, 0.2) is 12.2 Å². The van der Waals surface area contributed by atoms with Crippen molar-refractivity contribution >= 4 is 14.3 Å². The fourth-order valence-electron chi connectivity index (χ4n) is 3.17. The smallest absolute Gasteiger partial charge is 0.308 e. The van der Waals surface area contributed by atoms with E-state index in [1.54, 1.807) is 0 Å². The number of hydrogen-bond donors (Lipinski definition) is 0. The Kier molecular flexibility index (Phi) is 6.91. The largest absolute Gasteiger partial charge is 0.463 e. The van der Waals surface area contributed by atoms with Crippen LogP contribution < -0.4 is 0 Å². The molecule has 0 aliphatic carbocycles. The standard InChI is InChI=1S/C20H36O4Si/c1-15-10-8-7-9-11-16-12-13-17(18(23-16)14-19(21)22-15)24-25(5,6)20(2,3)4/h9,11,15-18H,7-8,10,12-14H2,1-6H3/b11-9-/t15-,16+,17+,18+/m1/s1. The summed E-state index contributed by atoms with van der Waals surface area (Å²) >= 11 is 0. The number of carbonyl (C=O) groups excluding carboxylic acids is 1. The second kappa shape index (κ2) is 8.36. The molecule has 2 heterocycles. The molecular weight excluding hydrogens is 332 g/mol. The van der Waals surface area contributed by atoms with Crippen molar-refractivity contribution in [1.82, 2.24) is 0 Å². The Hall–Kier alpha value is -0.653. The van der Waals surface area contributed by atoms with Gasteiger partial charge in [-0.3, -0.25) is 4.79 Å². The topological polar surface area (TPSA) is 44.8 Å². The molecule has 4 atom stereocenters. The lowest BCUT2D eigenvalue weighted by molar-refractivity contribution is -0.159. The Labute approximate surface area is 154 Å². The first-order valence-corrected chi connectivity index (χ1v) is 12.7. The molecule has 0 spiro atoms. The van der Waals surface area contributed by atoms with E-state index in [9.17, 15) is 4.79 Å². The van der Waals surface area contributed by atoms with E-state index in [0.29, 0.717) is 0 Å². The van der Waals surface area contributed by atoms with E-state index in [1.165, 1.54) is 0 Å². The van der Waals surface area contributed by atoms with Gasteiger partial charge < -0.3 is 13.9 Å². The minimum absolute atomic E-state index is 0.0173. The quantitative estimate of drug-likeness (QED) is 0.391. The van der Waals surface area contributed by atoms with Crippen LogP contribution in [-0.4, -0.2) is 38.7 Å². The molecule has 4 nitrogen and oxygen atoms in total. The van der Waals surface area contributed by atoms with Crippen LogP contribution in [0.4, 0.5) is 0 Å². The summed E-state index contributed by atoms with van der Waals surface area (Å²) in [4.78, 5) is 12.4. The number of carbonyl (C=O) groups is 1. The van der Waals surface area contributed by atoms with Gasteiger partial charge in [0.25, 0.3) is 0 Å². The van der Waals surface area contributed by atoms with Gasteiger partial charge in [0.15, 0.2) is 8.32 Å². The zero-order valence-electron chi connectivity index (χ0n) is 16.8. The molecule has 0 saturated carbocycles. The van der Waals surface area contributed by atoms with Crippen LogP contribution in [-0.2, 0) is 18.7 Å². The van der Waals surface area contributed by atoms with Crippen molar-refractivity contribution in [3.05, 3.63) is 12.2 Å². The molecule has 2 rings (SSSR count). The van der Waals surface area contributed by atoms with Crippen molar-refractivity contribution in [2.45, 2.75) is 109 Å². The van der Waals surface area contributed by atoms with E-state index in [1.807, 2.05) is 6.92 Å². The summed E-state index contributed by atoms with van der Waals surface area (Å²) in [7, 11) is -1.90. The van der Waals surface area contributed by atoms with Crippen molar-refractivity contribution < 1.29 is 18.7 Å². The average Bonchev–Trinajstić information content (AvgIpc) is 2.46. The van der Waals surface area contributed by atoms with Gasteiger partial charge in [0.2, 0.25) is 0 Å². The lowest BCUT2D eigenvalue weighted by Gasteiger charge is -2.44. The average molecular weight is 369 g/mol. The molecule has 0 aromatic heterocycles. The predicted molar refractivity (Wildman–Crippen MR) is 103 cm³/mol. The fourth-order valence-corrected chi connectivity index (χ4v) is 4.55. The summed E-state index contributed by atoms with van der Waals surface area (Å²) in [6, 6.07) is 0. The van der Waals surface area contributed by atoms with Crippen LogP contribution in [0.2, 0.25) is 18.1 Å². The molecule has 0 amide bonds. The van der Waals surface area contributed by atoms with Gasteiger partial charge in [0.05, 0.1) is 30.8 Å². The Morgan fingerprint density at radius 1 is 1.20 bits per heavy atom. The number of esters is 1. The molecule has 144 valence electrons. The third-order valence-electron chi connectivity index (χ3n) is 5.78. The predicted octanol–water partition coefficient (Wildman–Crippen LogP) is 4.99. The highest BCUT2D eigenvalue weighted by molar-refractivity contribution is 6.74. The third kappa shape index (κ3) is 5.93. The van der Waals surface area contributed by atoms with E-state index >= 15 is 0 Å². The minimum atomic E-state index is -1.90. The summed E-state index contributed by atoms with van der Waals surface area (Å²) in [5.74, 6) is -0.161. The fraction of sp³-hybridized carbons (Fsp3) is 0.850. The molecule has 0 aromatic rings. The number of ether oxygens (including phenoxy) is 2. The molecule has 0 unspecified atom stereocenters. The molecule has 2 bridgehead atoms. The van der Waals surface area contributed by atoms with Crippen LogP contribution in [0.5, 0.6) is 0 Å². The van der Waals surface area contributed by atoms with E-state index in [4.69, 9.17) is 13.9 Å². The van der Waals surface area contributed by atoms with Crippen LogP contribution in [0.25, 0.3) is 0 Å². The summed E-state index contributed by atoms with van der Waals surface area (Å²) in [6.07, 6.45) is 9.37. The van der Waals surface area contributed by atoms with Gasteiger partial charge in [-0.1, -0.05) is 32.9 Å². The zero-order chi connectivity index (χ0) is 18.7. The summed E-state index contributed by atoms with van der Waals surface area (Å²) < 4.78 is 18.4. The van der Waals surface area contributed by atoms with E-state index in [2.05, 4.69) is 46.0 Å². The highest BCUT2D eigenvalue weighted by atomic mass is 28.4. The molecule has 0 aromatic carbocycles. The van der Waals surface area contributed by atoms with Crippen molar-refractivity contribution in [2.24, 2.45) is 0 Å². The molecule has 5 heteroatoms. The first-order valence-electron chi connectivity index (χ1n) is 9.78. The molecular formula is C20H36O4Si. The summed E-state index contributed by atoms with van der Waals surface area (Å²) in [5.41, 5.74) is 0. The molecule has 25 heavy (non-hydrogen) atoms. The Morgan fingerprint density at radius 3 is 2.60 bits per heavy atom. The lowest BCUT2D eigenvalue weighted by atomic mass is 9.98. The highest BCUT2D eigenvalue weighted by Gasteiger charge is 2.43. The number of cyclic esters (lactones) is 1. The maximum Gasteiger partial charge on any atom is 0.308 e. The van der Waals surface area contributed by atoms with Gasteiger partial charge >= 0.3 is 5.97 Å². The first kappa shape index (κ1) is 20.7. The monoisotopic (exact) mass is 368 g/mol. The molecule has 0 radical (unpaired) electrons. The molecule has 1 saturated heterocycles. The zero-order valence-corrected chi connectivity index (χ0v) is 17.8. The number of hydrogen-bond acceptors (Lipinski definition) is 4. The van der Waals surface area contributed by atoms with Crippen molar-refractivity contribution in [1.29, 1.82) is 0 Å². The molecule has 2 aliphatic heterocycles. The summed E-state index contributed by atoms with van der Waals surface area (Å²) in [5, 5.41) is 0.143. The summed E-state index contributed by atoms with van der Waals surface area (Å²) in [6.45, 7) is 13.2. The normalized spacial score (nSPS) is 33.8. The van der Waals surface area contributed by atoms with Gasteiger partial charge in [-0.05, 0) is 57.2 Å². The van der Waals surface area contributed by atoms with E-state index < -0.39 is 8.32 Å². The second-order valence-electron chi connectivity index (χ2n) is 9.07. The number of fused-ring (bicyclic) bond motifs is 2. The maximum atomic E-state index is 12.4. The molecule has 1 fully saturated rings. The number of rotatable bonds is 2.